The van der Waals surface area contributed by atoms with Gasteiger partial charge in [-0.05, 0) is 63.2 Å². The number of aliphatic imine (C=N–C) groups is 1. The lowest BCUT2D eigenvalue weighted by molar-refractivity contribution is -0.142. The molecule has 2 nitrogen and oxygen atoms in total. The van der Waals surface area contributed by atoms with Gasteiger partial charge in [0.1, 0.15) is 0 Å². The van der Waals surface area contributed by atoms with Crippen LogP contribution in [0.4, 0.5) is 0 Å². The Bertz CT molecular complexity index is 843. The minimum Gasteiger partial charge on any atom is -0.272 e. The van der Waals surface area contributed by atoms with Gasteiger partial charge < -0.3 is 0 Å². The molecule has 4 aliphatic rings. The number of carbonyl (C=O) groups excluding carboxylic acids is 1. The molecule has 4 aliphatic carbocycles. The molecule has 4 bridgehead atoms. The lowest BCUT2D eigenvalue weighted by atomic mass is 9.49. The molecule has 4 fully saturated rings. The fourth-order valence-corrected chi connectivity index (χ4v) is 6.20. The molecule has 2 heteroatoms. The topological polar surface area (TPSA) is 29.4 Å². The van der Waals surface area contributed by atoms with Crippen LogP contribution in [0.3, 0.4) is 0 Å². The van der Waals surface area contributed by atoms with Gasteiger partial charge in [-0.3, -0.25) is 4.79 Å². The van der Waals surface area contributed by atoms with Gasteiger partial charge in [0.25, 0.3) is 5.91 Å². The first-order valence-corrected chi connectivity index (χ1v) is 10.4. The smallest absolute Gasteiger partial charge is 0.252 e. The first-order valence-electron chi connectivity index (χ1n) is 10.4. The highest BCUT2D eigenvalue weighted by atomic mass is 16.1. The van der Waals surface area contributed by atoms with Crippen molar-refractivity contribution in [3.8, 4) is 0 Å². The number of rotatable bonds is 3. The van der Waals surface area contributed by atoms with Crippen LogP contribution < -0.4 is 0 Å². The fourth-order valence-electron chi connectivity index (χ4n) is 6.20. The van der Waals surface area contributed by atoms with E-state index in [4.69, 9.17) is 4.99 Å². The summed E-state index contributed by atoms with van der Waals surface area (Å²) in [5, 5.41) is 0. The van der Waals surface area contributed by atoms with Gasteiger partial charge >= 0.3 is 0 Å². The predicted molar refractivity (Wildman–Crippen MR) is 109 cm³/mol. The Balaban J connectivity index is 1.54. The molecule has 0 saturated heterocycles. The zero-order chi connectivity index (χ0) is 18.4. The maximum atomic E-state index is 13.5. The van der Waals surface area contributed by atoms with Gasteiger partial charge in [-0.2, -0.15) is 0 Å². The standard InChI is InChI=1S/C25H27NO/c1-17-7-9-22(10-8-17)23(21-5-3-2-4-6-21)26-24(27)25-14-18-11-19(15-25)13-20(12-18)16-25/h2-10,18-20H,11-16H2,1H3. The lowest BCUT2D eigenvalue weighted by Gasteiger charge is -2.55. The van der Waals surface area contributed by atoms with Crippen molar-refractivity contribution in [2.24, 2.45) is 28.2 Å². The van der Waals surface area contributed by atoms with E-state index in [1.807, 2.05) is 18.2 Å². The van der Waals surface area contributed by atoms with Gasteiger partial charge in [0, 0.05) is 11.1 Å². The Hall–Kier alpha value is -2.22. The molecule has 27 heavy (non-hydrogen) atoms. The molecule has 0 aromatic heterocycles. The molecule has 0 heterocycles. The van der Waals surface area contributed by atoms with Crippen LogP contribution >= 0.6 is 0 Å². The largest absolute Gasteiger partial charge is 0.272 e. The summed E-state index contributed by atoms with van der Waals surface area (Å²) in [7, 11) is 0. The minimum atomic E-state index is -0.181. The average molecular weight is 357 g/mol. The molecule has 6 rings (SSSR count). The summed E-state index contributed by atoms with van der Waals surface area (Å²) in [6.07, 6.45) is 7.24. The summed E-state index contributed by atoms with van der Waals surface area (Å²) >= 11 is 0. The van der Waals surface area contributed by atoms with Crippen LogP contribution in [-0.4, -0.2) is 11.6 Å². The van der Waals surface area contributed by atoms with Crippen LogP contribution in [0, 0.1) is 30.1 Å². The van der Waals surface area contributed by atoms with E-state index >= 15 is 0 Å². The second kappa shape index (κ2) is 6.44. The van der Waals surface area contributed by atoms with Gasteiger partial charge in [0.2, 0.25) is 0 Å². The second-order valence-electron chi connectivity index (χ2n) is 9.20. The van der Waals surface area contributed by atoms with E-state index < -0.39 is 0 Å². The van der Waals surface area contributed by atoms with Crippen LogP contribution in [0.1, 0.15) is 55.2 Å². The molecule has 0 radical (unpaired) electrons. The van der Waals surface area contributed by atoms with Crippen LogP contribution in [0.2, 0.25) is 0 Å². The zero-order valence-electron chi connectivity index (χ0n) is 16.0. The molecule has 138 valence electrons. The zero-order valence-corrected chi connectivity index (χ0v) is 16.0. The van der Waals surface area contributed by atoms with E-state index in [2.05, 4.69) is 43.3 Å². The maximum Gasteiger partial charge on any atom is 0.252 e. The van der Waals surface area contributed by atoms with Gasteiger partial charge in [-0.1, -0.05) is 60.2 Å². The molecule has 4 saturated carbocycles. The Morgan fingerprint density at radius 1 is 0.815 bits per heavy atom. The number of hydrogen-bond donors (Lipinski definition) is 0. The first kappa shape index (κ1) is 16.9. The highest BCUT2D eigenvalue weighted by Gasteiger charge is 2.54. The van der Waals surface area contributed by atoms with E-state index in [1.165, 1.54) is 24.8 Å². The number of nitrogens with zero attached hydrogens (tertiary/aromatic N) is 1. The van der Waals surface area contributed by atoms with Gasteiger partial charge in [-0.25, -0.2) is 4.99 Å². The number of hydrogen-bond acceptors (Lipinski definition) is 1. The van der Waals surface area contributed by atoms with Crippen LogP contribution in [0.15, 0.2) is 59.6 Å². The summed E-state index contributed by atoms with van der Waals surface area (Å²) in [5.74, 6) is 2.42. The molecule has 2 aromatic rings. The van der Waals surface area contributed by atoms with Crippen molar-refractivity contribution in [1.82, 2.24) is 0 Å². The van der Waals surface area contributed by atoms with Gasteiger partial charge in [-0.15, -0.1) is 0 Å². The van der Waals surface area contributed by atoms with Crippen LogP contribution in [-0.2, 0) is 4.79 Å². The van der Waals surface area contributed by atoms with Crippen molar-refractivity contribution in [3.63, 3.8) is 0 Å². The monoisotopic (exact) mass is 357 g/mol. The molecule has 2 aromatic carbocycles. The first-order chi connectivity index (χ1) is 13.1. The SMILES string of the molecule is Cc1ccc(C(=NC(=O)C23CC4CC(CC(C4)C2)C3)c2ccccc2)cc1. The van der Waals surface area contributed by atoms with Crippen molar-refractivity contribution >= 4 is 11.6 Å². The lowest BCUT2D eigenvalue weighted by Crippen LogP contribution is -2.49. The summed E-state index contributed by atoms with van der Waals surface area (Å²) in [4.78, 5) is 18.3. The molecule has 0 unspecified atom stereocenters. The van der Waals surface area contributed by atoms with Gasteiger partial charge in [0.05, 0.1) is 11.1 Å². The predicted octanol–water partition coefficient (Wildman–Crippen LogP) is 5.58. The fraction of sp³-hybridized carbons (Fsp3) is 0.440. The highest BCUT2D eigenvalue weighted by Crippen LogP contribution is 2.60. The summed E-state index contributed by atoms with van der Waals surface area (Å²) in [6, 6.07) is 18.6. The molecule has 0 aliphatic heterocycles. The van der Waals surface area contributed by atoms with Crippen LogP contribution in [0.5, 0.6) is 0 Å². The minimum absolute atomic E-state index is 0.140. The third kappa shape index (κ3) is 3.05. The molecular weight excluding hydrogens is 330 g/mol. The summed E-state index contributed by atoms with van der Waals surface area (Å²) in [5.41, 5.74) is 3.93. The Labute approximate surface area is 161 Å². The highest BCUT2D eigenvalue weighted by molar-refractivity contribution is 6.17. The number of carbonyl (C=O) groups is 1. The molecule has 0 N–H and O–H groups in total. The Kier molecular flexibility index (Phi) is 4.03. The van der Waals surface area contributed by atoms with Crippen molar-refractivity contribution in [3.05, 3.63) is 71.3 Å². The van der Waals surface area contributed by atoms with Crippen molar-refractivity contribution in [2.75, 3.05) is 0 Å². The van der Waals surface area contributed by atoms with Crippen molar-refractivity contribution in [2.45, 2.75) is 45.4 Å². The van der Waals surface area contributed by atoms with Crippen LogP contribution in [0.25, 0.3) is 0 Å². The molecular formula is C25H27NO. The van der Waals surface area contributed by atoms with Gasteiger partial charge in [0.15, 0.2) is 0 Å². The quantitative estimate of drug-likeness (QED) is 0.660. The van der Waals surface area contributed by atoms with Crippen molar-refractivity contribution < 1.29 is 4.79 Å². The second-order valence-corrected chi connectivity index (χ2v) is 9.20. The summed E-state index contributed by atoms with van der Waals surface area (Å²) < 4.78 is 0. The number of aryl methyl sites for hydroxylation is 1. The van der Waals surface area contributed by atoms with E-state index in [1.54, 1.807) is 0 Å². The maximum absolute atomic E-state index is 13.5. The normalized spacial score (nSPS) is 31.9. The number of amides is 1. The van der Waals surface area contributed by atoms with E-state index in [0.717, 1.165) is 53.9 Å². The van der Waals surface area contributed by atoms with E-state index in [9.17, 15) is 4.79 Å². The number of benzene rings is 2. The van der Waals surface area contributed by atoms with E-state index in [0.29, 0.717) is 0 Å². The Morgan fingerprint density at radius 3 is 1.89 bits per heavy atom. The summed E-state index contributed by atoms with van der Waals surface area (Å²) in [6.45, 7) is 2.09. The van der Waals surface area contributed by atoms with E-state index in [-0.39, 0.29) is 11.3 Å². The third-order valence-corrected chi connectivity index (χ3v) is 7.08. The Morgan fingerprint density at radius 2 is 1.33 bits per heavy atom. The third-order valence-electron chi connectivity index (χ3n) is 7.08. The molecule has 1 amide bonds. The average Bonchev–Trinajstić information content (AvgIpc) is 2.66. The molecule has 0 spiro atoms. The van der Waals surface area contributed by atoms with Crippen molar-refractivity contribution in [1.29, 1.82) is 0 Å². The molecule has 0 atom stereocenters.